The van der Waals surface area contributed by atoms with Crippen LogP contribution in [0.5, 0.6) is 11.5 Å². The number of carbonyl (C=O) groups is 3. The summed E-state index contributed by atoms with van der Waals surface area (Å²) in [6.45, 7) is 7.94. The second kappa shape index (κ2) is 13.3. The van der Waals surface area contributed by atoms with Gasteiger partial charge in [-0.1, -0.05) is 21.7 Å². The van der Waals surface area contributed by atoms with Crippen molar-refractivity contribution in [2.75, 3.05) is 39.6 Å². The molecule has 0 saturated carbocycles. The minimum Gasteiger partial charge on any atom is -0.490 e. The first-order valence-corrected chi connectivity index (χ1v) is 14.4. The van der Waals surface area contributed by atoms with E-state index in [-0.39, 0.29) is 38.7 Å². The summed E-state index contributed by atoms with van der Waals surface area (Å²) < 4.78 is 38.9. The minimum atomic E-state index is -0.879. The maximum atomic E-state index is 12.9. The highest BCUT2D eigenvalue weighted by Crippen LogP contribution is 2.53. The van der Waals surface area contributed by atoms with Crippen molar-refractivity contribution in [3.63, 3.8) is 0 Å². The summed E-state index contributed by atoms with van der Waals surface area (Å²) in [6, 6.07) is 14.0. The summed E-state index contributed by atoms with van der Waals surface area (Å²) in [5, 5.41) is 0. The van der Waals surface area contributed by atoms with Crippen LogP contribution in [0, 0.1) is 0 Å². The molecule has 12 heteroatoms. The number of benzene rings is 2. The van der Waals surface area contributed by atoms with Gasteiger partial charge in [0.25, 0.3) is 0 Å². The third kappa shape index (κ3) is 6.54. The Bertz CT molecular complexity index is 1360. The third-order valence-corrected chi connectivity index (χ3v) is 8.37. The van der Waals surface area contributed by atoms with Gasteiger partial charge < -0.3 is 33.2 Å². The van der Waals surface area contributed by atoms with Crippen molar-refractivity contribution in [3.05, 3.63) is 85.0 Å². The second-order valence-corrected chi connectivity index (χ2v) is 10.9. The van der Waals surface area contributed by atoms with Gasteiger partial charge in [0.2, 0.25) is 0 Å². The first-order valence-electron chi connectivity index (χ1n) is 13.3. The Balaban J connectivity index is 1.14. The van der Waals surface area contributed by atoms with E-state index in [1.54, 1.807) is 24.3 Å². The number of nitrogens with zero attached hydrogens (tertiary/aromatic N) is 1. The van der Waals surface area contributed by atoms with Gasteiger partial charge in [0.15, 0.2) is 11.8 Å². The van der Waals surface area contributed by atoms with Crippen LogP contribution < -0.4 is 9.47 Å². The Morgan fingerprint density at radius 1 is 0.881 bits per heavy atom. The van der Waals surface area contributed by atoms with E-state index in [1.165, 1.54) is 0 Å². The Labute approximate surface area is 244 Å². The lowest BCUT2D eigenvalue weighted by molar-refractivity contribution is -0.139. The smallest absolute Gasteiger partial charge is 0.338 e. The molecular formula is C30H30NO10P. The molecule has 0 aromatic heterocycles. The summed E-state index contributed by atoms with van der Waals surface area (Å²) in [5.74, 6) is -0.343. The van der Waals surface area contributed by atoms with Crippen molar-refractivity contribution in [1.29, 1.82) is 0 Å². The average Bonchev–Trinajstić information content (AvgIpc) is 3.66. The number of carbonyl (C=O) groups excluding carboxylic acids is 3. The number of aliphatic imine (C=N–C) groups is 1. The van der Waals surface area contributed by atoms with Gasteiger partial charge in [-0.15, -0.1) is 0 Å². The summed E-state index contributed by atoms with van der Waals surface area (Å²) in [7, 11) is 0.370. The zero-order valence-corrected chi connectivity index (χ0v) is 23.7. The fourth-order valence-electron chi connectivity index (χ4n) is 4.75. The maximum absolute atomic E-state index is 12.9. The maximum Gasteiger partial charge on any atom is 0.338 e. The van der Waals surface area contributed by atoms with Crippen LogP contribution in [0.4, 0.5) is 0 Å². The molecule has 2 aromatic rings. The van der Waals surface area contributed by atoms with Gasteiger partial charge in [-0.05, 0) is 48.5 Å². The van der Waals surface area contributed by atoms with Crippen LogP contribution in [0.25, 0.3) is 0 Å². The monoisotopic (exact) mass is 595 g/mol. The van der Waals surface area contributed by atoms with E-state index < -0.39 is 35.8 Å². The predicted molar refractivity (Wildman–Crippen MR) is 152 cm³/mol. The molecule has 2 unspecified atom stereocenters. The summed E-state index contributed by atoms with van der Waals surface area (Å²) >= 11 is 0. The van der Waals surface area contributed by atoms with E-state index >= 15 is 0 Å². The number of hydrogen-bond donors (Lipinski definition) is 0. The van der Waals surface area contributed by atoms with Crippen LogP contribution in [0.1, 0.15) is 15.9 Å². The van der Waals surface area contributed by atoms with E-state index in [1.807, 2.05) is 24.3 Å². The Kier molecular flexibility index (Phi) is 9.31. The number of esters is 3. The van der Waals surface area contributed by atoms with Crippen LogP contribution in [0.3, 0.4) is 0 Å². The molecule has 1 spiro atoms. The number of rotatable bonds is 13. The van der Waals surface area contributed by atoms with Gasteiger partial charge in [-0.25, -0.2) is 19.4 Å². The summed E-state index contributed by atoms with van der Waals surface area (Å²) in [5.41, 5.74) is 1.39. The molecule has 0 radical (unpaired) electrons. The molecule has 42 heavy (non-hydrogen) atoms. The fourth-order valence-corrected chi connectivity index (χ4v) is 6.36. The molecule has 220 valence electrons. The van der Waals surface area contributed by atoms with Crippen LogP contribution in [-0.4, -0.2) is 86.6 Å². The molecule has 3 heterocycles. The molecule has 2 saturated heterocycles. The van der Waals surface area contributed by atoms with Crippen molar-refractivity contribution in [2.24, 2.45) is 4.99 Å². The lowest BCUT2D eigenvalue weighted by Gasteiger charge is -2.23. The van der Waals surface area contributed by atoms with Gasteiger partial charge in [0.1, 0.15) is 44.0 Å². The largest absolute Gasteiger partial charge is 0.490 e. The van der Waals surface area contributed by atoms with E-state index in [4.69, 9.17) is 38.2 Å². The molecule has 3 aliphatic heterocycles. The molecule has 0 amide bonds. The molecule has 5 atom stereocenters. The highest BCUT2D eigenvalue weighted by atomic mass is 31.1. The molecule has 0 bridgehead atoms. The van der Waals surface area contributed by atoms with E-state index in [0.29, 0.717) is 32.3 Å². The van der Waals surface area contributed by atoms with Crippen molar-refractivity contribution in [1.82, 2.24) is 0 Å². The Hall–Kier alpha value is -4.05. The third-order valence-electron chi connectivity index (χ3n) is 6.77. The zero-order valence-electron chi connectivity index (χ0n) is 22.7. The summed E-state index contributed by atoms with van der Waals surface area (Å²) in [4.78, 5) is 40.1. The molecule has 5 rings (SSSR count). The predicted octanol–water partition coefficient (Wildman–Crippen LogP) is 3.06. The minimum absolute atomic E-state index is 0.0406. The van der Waals surface area contributed by atoms with Crippen molar-refractivity contribution < 1.29 is 47.5 Å². The van der Waals surface area contributed by atoms with Crippen LogP contribution in [-0.2, 0) is 33.3 Å². The molecule has 11 nitrogen and oxygen atoms in total. The van der Waals surface area contributed by atoms with E-state index in [9.17, 15) is 14.4 Å². The lowest BCUT2D eigenvalue weighted by atomic mass is 10.0. The molecule has 0 N–H and O–H groups in total. The van der Waals surface area contributed by atoms with Gasteiger partial charge in [0, 0.05) is 17.7 Å². The number of hydrogen-bond acceptors (Lipinski definition) is 11. The normalized spacial score (nSPS) is 24.2. The first-order chi connectivity index (χ1) is 20.4. The van der Waals surface area contributed by atoms with Crippen LogP contribution in [0.15, 0.2) is 78.8 Å². The average molecular weight is 596 g/mol. The van der Waals surface area contributed by atoms with Gasteiger partial charge in [-0.3, -0.25) is 0 Å². The second-order valence-electron chi connectivity index (χ2n) is 9.41. The lowest BCUT2D eigenvalue weighted by Crippen LogP contribution is -2.42. The van der Waals surface area contributed by atoms with Crippen molar-refractivity contribution in [3.8, 4) is 11.5 Å². The number of ether oxygens (including phenoxy) is 7. The first kappa shape index (κ1) is 29.4. The SMILES string of the molecule is C=CC(=O)OCCOc1ccc(C(=O)O[C@@H]2CO[C@]34N=C(c5ccc(OCCOC(=O)C=C)cc5)PC3CO[C@H]24)cc1. The topological polar surface area (TPSA) is 128 Å². The van der Waals surface area contributed by atoms with Gasteiger partial charge >= 0.3 is 17.9 Å². The fraction of sp³-hybridized carbons (Fsp3) is 0.333. The highest BCUT2D eigenvalue weighted by Gasteiger charge is 2.64. The van der Waals surface area contributed by atoms with Crippen LogP contribution >= 0.6 is 8.58 Å². The van der Waals surface area contributed by atoms with Gasteiger partial charge in [-0.2, -0.15) is 0 Å². The quantitative estimate of drug-likeness (QED) is 0.112. The zero-order chi connectivity index (χ0) is 29.5. The van der Waals surface area contributed by atoms with E-state index in [2.05, 4.69) is 13.2 Å². The van der Waals surface area contributed by atoms with Crippen molar-refractivity contribution >= 4 is 31.9 Å². The standard InChI is InChI=1S/C30H30NO10P/c1-3-25(32)37-15-13-35-21-9-5-19(6-10-21)28-31-30-24(42-28)18-39-27(30)23(17-40-30)41-29(34)20-7-11-22(12-8-20)36-14-16-38-26(33)4-2/h3-12,23-24,27,42H,1-2,13-18H2/t23-,24?,27-,30-/m1/s1. The van der Waals surface area contributed by atoms with E-state index in [0.717, 1.165) is 23.2 Å². The summed E-state index contributed by atoms with van der Waals surface area (Å²) in [6.07, 6.45) is 1.09. The van der Waals surface area contributed by atoms with Gasteiger partial charge in [0.05, 0.1) is 29.9 Å². The molecule has 0 aliphatic carbocycles. The van der Waals surface area contributed by atoms with Crippen molar-refractivity contribution in [2.45, 2.75) is 23.6 Å². The molecule has 3 aliphatic rings. The highest BCUT2D eigenvalue weighted by molar-refractivity contribution is 7.60. The Morgan fingerprint density at radius 3 is 2.07 bits per heavy atom. The Morgan fingerprint density at radius 2 is 1.48 bits per heavy atom. The van der Waals surface area contributed by atoms with Crippen LogP contribution in [0.2, 0.25) is 0 Å². The molecule has 2 aromatic carbocycles. The molecule has 2 fully saturated rings. The molecular weight excluding hydrogens is 565 g/mol.